The molecule has 1 aliphatic heterocycles. The van der Waals surface area contributed by atoms with Gasteiger partial charge in [0, 0.05) is 23.0 Å². The van der Waals surface area contributed by atoms with Crippen molar-refractivity contribution in [3.63, 3.8) is 0 Å². The van der Waals surface area contributed by atoms with Gasteiger partial charge in [0.25, 0.3) is 0 Å². The average Bonchev–Trinajstić information content (AvgIpc) is 2.92. The second kappa shape index (κ2) is 11.0. The van der Waals surface area contributed by atoms with Crippen LogP contribution in [0.5, 0.6) is 0 Å². The zero-order valence-corrected chi connectivity index (χ0v) is 23.9. The van der Waals surface area contributed by atoms with E-state index in [1.807, 2.05) is 0 Å². The molecule has 0 amide bonds. The lowest BCUT2D eigenvalue weighted by Gasteiger charge is -2.19. The van der Waals surface area contributed by atoms with Crippen LogP contribution < -0.4 is 0 Å². The van der Waals surface area contributed by atoms with E-state index in [4.69, 9.17) is 0 Å². The summed E-state index contributed by atoms with van der Waals surface area (Å²) in [4.78, 5) is 0. The van der Waals surface area contributed by atoms with Crippen molar-refractivity contribution in [3.8, 4) is 0 Å². The van der Waals surface area contributed by atoms with Gasteiger partial charge in [-0.15, -0.1) is 0 Å². The molecule has 1 heterocycles. The van der Waals surface area contributed by atoms with Crippen molar-refractivity contribution in [2.45, 2.75) is 74.4 Å². The van der Waals surface area contributed by atoms with Gasteiger partial charge in [-0.3, -0.25) is 0 Å². The van der Waals surface area contributed by atoms with Crippen molar-refractivity contribution in [2.24, 2.45) is 0 Å². The third-order valence-electron chi connectivity index (χ3n) is 8.85. The maximum absolute atomic E-state index is 2.53. The molecule has 8 aliphatic carbocycles. The fraction of sp³-hybridized carbons (Fsp3) is 0.333. The first-order valence-corrected chi connectivity index (χ1v) is 16.7. The minimum Gasteiger partial charge on any atom is -0.152 e. The van der Waals surface area contributed by atoms with Gasteiger partial charge in [0.2, 0.25) is 0 Å². The molecule has 0 nitrogen and oxygen atoms in total. The summed E-state index contributed by atoms with van der Waals surface area (Å²) in [5.74, 6) is 4.44. The molecule has 0 N–H and O–H groups in total. The molecule has 12 bridgehead atoms. The summed E-state index contributed by atoms with van der Waals surface area (Å²) in [5.41, 5.74) is 18.5. The third kappa shape index (κ3) is 5.36. The van der Waals surface area contributed by atoms with Crippen LogP contribution in [0.1, 0.15) is 66.8 Å². The standard InChI is InChI=1S/C36H36S2/c1-2-26-6-10-30-14-13-29-9-5-25(1)17-33(29)21-37-23-35-19-27-3-4-28-8-12-32(16-15-31(35)11-7-27)36(20-28)24-38-22-34(30)18-26/h5-12,17-20H,1-4,13-16,21-24H2. The molecule has 9 aliphatic rings. The Morgan fingerprint density at radius 3 is 0.816 bits per heavy atom. The van der Waals surface area contributed by atoms with Gasteiger partial charge in [-0.2, -0.15) is 23.5 Å². The number of hydrogen-bond acceptors (Lipinski definition) is 2. The quantitative estimate of drug-likeness (QED) is 0.222. The van der Waals surface area contributed by atoms with E-state index in [0.717, 1.165) is 74.4 Å². The Bertz CT molecular complexity index is 1260. The molecule has 0 saturated heterocycles. The van der Waals surface area contributed by atoms with E-state index >= 15 is 0 Å². The normalized spacial score (nSPS) is 17.1. The molecule has 38 heavy (non-hydrogen) atoms. The second-order valence-corrected chi connectivity index (χ2v) is 13.4. The van der Waals surface area contributed by atoms with E-state index in [0.29, 0.717) is 0 Å². The lowest BCUT2D eigenvalue weighted by atomic mass is 9.91. The lowest BCUT2D eigenvalue weighted by Crippen LogP contribution is -2.06. The minimum absolute atomic E-state index is 1.11. The topological polar surface area (TPSA) is 0 Å². The summed E-state index contributed by atoms with van der Waals surface area (Å²) in [6.45, 7) is 0. The maximum Gasteiger partial charge on any atom is 0.0190 e. The summed E-state index contributed by atoms with van der Waals surface area (Å²) < 4.78 is 0. The van der Waals surface area contributed by atoms with Crippen molar-refractivity contribution in [1.82, 2.24) is 0 Å². The predicted octanol–water partition coefficient (Wildman–Crippen LogP) is 8.63. The SMILES string of the molecule is c1cc2c3cc1CCc1ccc(c(c1)CSCc1cc4ccc1CCc1ccc(cc1CSC3)CC4)CC2. The molecule has 0 atom stereocenters. The fourth-order valence-corrected chi connectivity index (χ4v) is 8.67. The van der Waals surface area contributed by atoms with Gasteiger partial charge >= 0.3 is 0 Å². The smallest absolute Gasteiger partial charge is 0.0190 e. The molecule has 2 heteroatoms. The van der Waals surface area contributed by atoms with Crippen LogP contribution in [0, 0.1) is 0 Å². The number of rotatable bonds is 0. The molecule has 0 fully saturated rings. The van der Waals surface area contributed by atoms with Crippen LogP contribution >= 0.6 is 23.5 Å². The minimum atomic E-state index is 1.11. The van der Waals surface area contributed by atoms with Crippen molar-refractivity contribution < 1.29 is 0 Å². The van der Waals surface area contributed by atoms with E-state index in [1.165, 1.54) is 22.3 Å². The van der Waals surface area contributed by atoms with Gasteiger partial charge in [0.05, 0.1) is 0 Å². The van der Waals surface area contributed by atoms with Gasteiger partial charge in [0.1, 0.15) is 0 Å². The zero-order chi connectivity index (χ0) is 25.3. The summed E-state index contributed by atoms with van der Waals surface area (Å²) in [6, 6.07) is 29.5. The molecule has 0 spiro atoms. The first-order chi connectivity index (χ1) is 18.8. The second-order valence-electron chi connectivity index (χ2n) is 11.4. The molecular weight excluding hydrogens is 497 g/mol. The van der Waals surface area contributed by atoms with Crippen LogP contribution in [0.3, 0.4) is 0 Å². The van der Waals surface area contributed by atoms with Crippen molar-refractivity contribution >= 4 is 23.5 Å². The molecular formula is C36H36S2. The monoisotopic (exact) mass is 532 g/mol. The fourth-order valence-electron chi connectivity index (χ4n) is 6.51. The summed E-state index contributed by atoms with van der Waals surface area (Å²) in [6.07, 6.45) is 9.08. The van der Waals surface area contributed by atoms with E-state index in [1.54, 1.807) is 44.5 Å². The van der Waals surface area contributed by atoms with Crippen LogP contribution in [0.4, 0.5) is 0 Å². The van der Waals surface area contributed by atoms with Crippen LogP contribution in [0.25, 0.3) is 0 Å². The van der Waals surface area contributed by atoms with Gasteiger partial charge in [-0.1, -0.05) is 72.8 Å². The number of hydrogen-bond donors (Lipinski definition) is 0. The highest BCUT2D eigenvalue weighted by molar-refractivity contribution is 7.98. The lowest BCUT2D eigenvalue weighted by molar-refractivity contribution is 0.897. The molecule has 0 radical (unpaired) electrons. The van der Waals surface area contributed by atoms with Crippen LogP contribution in [0.2, 0.25) is 0 Å². The van der Waals surface area contributed by atoms with Gasteiger partial charge in [-0.25, -0.2) is 0 Å². The summed E-state index contributed by atoms with van der Waals surface area (Å²) in [5, 5.41) is 0. The van der Waals surface area contributed by atoms with Crippen LogP contribution in [-0.4, -0.2) is 0 Å². The van der Waals surface area contributed by atoms with E-state index in [2.05, 4.69) is 96.3 Å². The maximum atomic E-state index is 2.53. The number of aryl methyl sites for hydroxylation is 8. The predicted molar refractivity (Wildman–Crippen MR) is 165 cm³/mol. The van der Waals surface area contributed by atoms with Crippen LogP contribution in [-0.2, 0) is 74.4 Å². The van der Waals surface area contributed by atoms with Crippen molar-refractivity contribution in [2.75, 3.05) is 0 Å². The number of benzene rings is 4. The van der Waals surface area contributed by atoms with Crippen molar-refractivity contribution in [1.29, 1.82) is 0 Å². The first kappa shape index (κ1) is 24.6. The van der Waals surface area contributed by atoms with Gasteiger partial charge in [-0.05, 0) is 118 Å². The van der Waals surface area contributed by atoms with Gasteiger partial charge in [0.15, 0.2) is 0 Å². The Morgan fingerprint density at radius 2 is 0.553 bits per heavy atom. The third-order valence-corrected chi connectivity index (χ3v) is 10.9. The van der Waals surface area contributed by atoms with Crippen molar-refractivity contribution in [3.05, 3.63) is 140 Å². The molecule has 0 saturated carbocycles. The van der Waals surface area contributed by atoms with Gasteiger partial charge < -0.3 is 0 Å². The first-order valence-electron chi connectivity index (χ1n) is 14.3. The molecule has 4 aromatic rings. The zero-order valence-electron chi connectivity index (χ0n) is 22.2. The Balaban J connectivity index is 1.29. The average molecular weight is 533 g/mol. The molecule has 0 aromatic heterocycles. The Morgan fingerprint density at radius 1 is 0.289 bits per heavy atom. The van der Waals surface area contributed by atoms with E-state index in [9.17, 15) is 0 Å². The molecule has 13 rings (SSSR count). The highest BCUT2D eigenvalue weighted by Crippen LogP contribution is 2.31. The Hall–Kier alpha value is -2.42. The largest absolute Gasteiger partial charge is 0.152 e. The Kier molecular flexibility index (Phi) is 7.11. The highest BCUT2D eigenvalue weighted by Gasteiger charge is 2.15. The molecule has 192 valence electrons. The summed E-state index contributed by atoms with van der Waals surface area (Å²) in [7, 11) is 0. The molecule has 4 aromatic carbocycles. The van der Waals surface area contributed by atoms with E-state index in [-0.39, 0.29) is 0 Å². The summed E-state index contributed by atoms with van der Waals surface area (Å²) >= 11 is 4.23. The van der Waals surface area contributed by atoms with E-state index < -0.39 is 0 Å². The molecule has 0 unspecified atom stereocenters. The highest BCUT2D eigenvalue weighted by atomic mass is 32.2. The van der Waals surface area contributed by atoms with Crippen LogP contribution in [0.15, 0.2) is 72.8 Å². The number of thioether (sulfide) groups is 2. The Labute approximate surface area is 236 Å².